The van der Waals surface area contributed by atoms with Gasteiger partial charge in [0.1, 0.15) is 6.04 Å². The molecule has 0 bridgehead atoms. The Balaban J connectivity index is 2.45. The number of nitrogens with zero attached hydrogens (tertiary/aromatic N) is 1. The van der Waals surface area contributed by atoms with Crippen LogP contribution in [0.1, 0.15) is 12.6 Å². The van der Waals surface area contributed by atoms with Crippen molar-refractivity contribution in [3.05, 3.63) is 18.2 Å². The third kappa shape index (κ3) is 5.38. The van der Waals surface area contributed by atoms with E-state index >= 15 is 0 Å². The number of ether oxygens (including phenoxy) is 1. The van der Waals surface area contributed by atoms with Gasteiger partial charge in [-0.3, -0.25) is 0 Å². The summed E-state index contributed by atoms with van der Waals surface area (Å²) in [5.41, 5.74) is 0.637. The first kappa shape index (κ1) is 15.0. The zero-order valence-corrected chi connectivity index (χ0v) is 10.8. The number of aliphatic carboxylic acids is 1. The van der Waals surface area contributed by atoms with E-state index in [0.29, 0.717) is 12.2 Å². The number of carboxylic acid groups (broad SMARTS) is 1. The van der Waals surface area contributed by atoms with E-state index in [1.54, 1.807) is 6.92 Å². The Hall–Kier alpha value is -2.09. The van der Waals surface area contributed by atoms with Crippen LogP contribution in [0.4, 0.5) is 4.79 Å². The molecule has 1 heterocycles. The summed E-state index contributed by atoms with van der Waals surface area (Å²) in [4.78, 5) is 29.2. The van der Waals surface area contributed by atoms with Crippen molar-refractivity contribution in [3.63, 3.8) is 0 Å². The predicted octanol–water partition coefficient (Wildman–Crippen LogP) is -0.260. The molecular formula is C11H18N4O4. The zero-order chi connectivity index (χ0) is 14.3. The van der Waals surface area contributed by atoms with Gasteiger partial charge in [0.2, 0.25) is 0 Å². The normalized spacial score (nSPS) is 13.6. The van der Waals surface area contributed by atoms with Gasteiger partial charge in [-0.25, -0.2) is 14.6 Å². The second kappa shape index (κ2) is 7.37. The second-order valence-corrected chi connectivity index (χ2v) is 4.07. The quantitative estimate of drug-likeness (QED) is 0.544. The summed E-state index contributed by atoms with van der Waals surface area (Å²) in [6.07, 6.45) is 2.97. The lowest BCUT2D eigenvalue weighted by atomic mass is 10.2. The Kier molecular flexibility index (Phi) is 5.80. The molecule has 0 aliphatic carbocycles. The van der Waals surface area contributed by atoms with Crippen LogP contribution in [0, 0.1) is 0 Å². The van der Waals surface area contributed by atoms with E-state index < -0.39 is 18.0 Å². The molecule has 0 aliphatic rings. The molecule has 0 saturated heterocycles. The minimum atomic E-state index is -1.11. The predicted molar refractivity (Wildman–Crippen MR) is 66.7 cm³/mol. The van der Waals surface area contributed by atoms with Gasteiger partial charge in [0.05, 0.1) is 12.4 Å². The largest absolute Gasteiger partial charge is 0.480 e. The van der Waals surface area contributed by atoms with E-state index in [1.165, 1.54) is 19.6 Å². The number of hydrogen-bond acceptors (Lipinski definition) is 4. The number of carboxylic acids is 1. The van der Waals surface area contributed by atoms with E-state index in [1.807, 2.05) is 0 Å². The number of imidazole rings is 1. The monoisotopic (exact) mass is 270 g/mol. The molecule has 4 N–H and O–H groups in total. The Bertz CT molecular complexity index is 407. The Labute approximate surface area is 110 Å². The Morgan fingerprint density at radius 3 is 2.84 bits per heavy atom. The Morgan fingerprint density at radius 2 is 2.32 bits per heavy atom. The van der Waals surface area contributed by atoms with Crippen LogP contribution in [0.25, 0.3) is 0 Å². The highest BCUT2D eigenvalue weighted by Gasteiger charge is 2.21. The van der Waals surface area contributed by atoms with Gasteiger partial charge in [-0.2, -0.15) is 0 Å². The molecule has 0 aliphatic heterocycles. The van der Waals surface area contributed by atoms with Crippen LogP contribution in [-0.2, 0) is 16.0 Å². The smallest absolute Gasteiger partial charge is 0.326 e. The molecule has 2 amide bonds. The first-order valence-electron chi connectivity index (χ1n) is 5.80. The topological polar surface area (TPSA) is 116 Å². The molecular weight excluding hydrogens is 252 g/mol. The molecule has 106 valence electrons. The number of nitrogens with one attached hydrogen (secondary N) is 3. The zero-order valence-electron chi connectivity index (χ0n) is 10.8. The number of hydrogen-bond donors (Lipinski definition) is 4. The van der Waals surface area contributed by atoms with Crippen molar-refractivity contribution >= 4 is 12.0 Å². The molecule has 2 atom stereocenters. The maximum atomic E-state index is 11.5. The lowest BCUT2D eigenvalue weighted by Crippen LogP contribution is -2.48. The summed E-state index contributed by atoms with van der Waals surface area (Å²) in [6.45, 7) is 2.10. The molecule has 0 aromatic carbocycles. The maximum absolute atomic E-state index is 11.5. The molecule has 0 radical (unpaired) electrons. The van der Waals surface area contributed by atoms with Gasteiger partial charge in [0.25, 0.3) is 0 Å². The summed E-state index contributed by atoms with van der Waals surface area (Å²) >= 11 is 0. The number of aromatic nitrogens is 2. The number of rotatable bonds is 7. The third-order valence-electron chi connectivity index (χ3n) is 2.53. The standard InChI is InChI=1S/C11H18N4O4/c1-7(19-2)4-13-11(18)15-9(10(16)17)3-8-5-12-6-14-8/h5-7,9H,3-4H2,1-2H3,(H,12,14)(H,16,17)(H2,13,15,18)/t7?,9-/m1/s1. The SMILES string of the molecule is COC(C)CNC(=O)N[C@H](Cc1cnc[nH]1)C(=O)O. The van der Waals surface area contributed by atoms with Gasteiger partial charge in [-0.1, -0.05) is 0 Å². The average Bonchev–Trinajstić information content (AvgIpc) is 2.87. The first-order chi connectivity index (χ1) is 9.02. The third-order valence-corrected chi connectivity index (χ3v) is 2.53. The highest BCUT2D eigenvalue weighted by Crippen LogP contribution is 1.98. The van der Waals surface area contributed by atoms with Gasteiger partial charge in [0, 0.05) is 32.0 Å². The average molecular weight is 270 g/mol. The minimum Gasteiger partial charge on any atom is -0.480 e. The van der Waals surface area contributed by atoms with E-state index in [9.17, 15) is 9.59 Å². The lowest BCUT2D eigenvalue weighted by molar-refractivity contribution is -0.139. The van der Waals surface area contributed by atoms with Crippen LogP contribution in [0.3, 0.4) is 0 Å². The summed E-state index contributed by atoms with van der Waals surface area (Å²) in [5.74, 6) is -1.11. The fourth-order valence-electron chi connectivity index (χ4n) is 1.35. The van der Waals surface area contributed by atoms with Crippen LogP contribution in [0.5, 0.6) is 0 Å². The number of aromatic amines is 1. The molecule has 1 aromatic heterocycles. The molecule has 1 aromatic rings. The summed E-state index contributed by atoms with van der Waals surface area (Å²) < 4.78 is 4.97. The van der Waals surface area contributed by atoms with Crippen molar-refractivity contribution in [1.29, 1.82) is 0 Å². The van der Waals surface area contributed by atoms with Crippen LogP contribution in [-0.4, -0.2) is 52.9 Å². The van der Waals surface area contributed by atoms with Gasteiger partial charge in [0.15, 0.2) is 0 Å². The van der Waals surface area contributed by atoms with E-state index in [-0.39, 0.29) is 12.5 Å². The molecule has 1 unspecified atom stereocenters. The van der Waals surface area contributed by atoms with Crippen molar-refractivity contribution in [2.45, 2.75) is 25.5 Å². The van der Waals surface area contributed by atoms with E-state index in [4.69, 9.17) is 9.84 Å². The Morgan fingerprint density at radius 1 is 1.58 bits per heavy atom. The lowest BCUT2D eigenvalue weighted by Gasteiger charge is -2.16. The van der Waals surface area contributed by atoms with Crippen molar-refractivity contribution in [3.8, 4) is 0 Å². The fourth-order valence-corrected chi connectivity index (χ4v) is 1.35. The number of methoxy groups -OCH3 is 1. The molecule has 0 fully saturated rings. The molecule has 0 saturated carbocycles. The summed E-state index contributed by atoms with van der Waals surface area (Å²) in [5, 5.41) is 14.0. The van der Waals surface area contributed by atoms with Gasteiger partial charge >= 0.3 is 12.0 Å². The highest BCUT2D eigenvalue weighted by molar-refractivity contribution is 5.82. The minimum absolute atomic E-state index is 0.137. The van der Waals surface area contributed by atoms with Crippen molar-refractivity contribution in [2.75, 3.05) is 13.7 Å². The molecule has 8 nitrogen and oxygen atoms in total. The fraction of sp³-hybridized carbons (Fsp3) is 0.545. The van der Waals surface area contributed by atoms with Crippen molar-refractivity contribution < 1.29 is 19.4 Å². The van der Waals surface area contributed by atoms with Gasteiger partial charge in [-0.05, 0) is 6.92 Å². The molecule has 1 rings (SSSR count). The van der Waals surface area contributed by atoms with Crippen LogP contribution < -0.4 is 10.6 Å². The van der Waals surface area contributed by atoms with Gasteiger partial charge < -0.3 is 25.5 Å². The highest BCUT2D eigenvalue weighted by atomic mass is 16.5. The van der Waals surface area contributed by atoms with Crippen molar-refractivity contribution in [2.24, 2.45) is 0 Å². The molecule has 19 heavy (non-hydrogen) atoms. The second-order valence-electron chi connectivity index (χ2n) is 4.07. The number of urea groups is 1. The van der Waals surface area contributed by atoms with Gasteiger partial charge in [-0.15, -0.1) is 0 Å². The first-order valence-corrected chi connectivity index (χ1v) is 5.80. The number of amides is 2. The van der Waals surface area contributed by atoms with Crippen LogP contribution in [0.2, 0.25) is 0 Å². The molecule has 0 spiro atoms. The summed E-state index contributed by atoms with van der Waals surface area (Å²) in [7, 11) is 1.53. The van der Waals surface area contributed by atoms with Crippen LogP contribution >= 0.6 is 0 Å². The number of H-pyrrole nitrogens is 1. The van der Waals surface area contributed by atoms with E-state index in [0.717, 1.165) is 0 Å². The number of carbonyl (C=O) groups excluding carboxylic acids is 1. The number of carbonyl (C=O) groups is 2. The molecule has 8 heteroatoms. The van der Waals surface area contributed by atoms with Crippen molar-refractivity contribution in [1.82, 2.24) is 20.6 Å². The summed E-state index contributed by atoms with van der Waals surface area (Å²) in [6, 6.07) is -1.56. The van der Waals surface area contributed by atoms with E-state index in [2.05, 4.69) is 20.6 Å². The maximum Gasteiger partial charge on any atom is 0.326 e. The van der Waals surface area contributed by atoms with Crippen LogP contribution in [0.15, 0.2) is 12.5 Å².